The van der Waals surface area contributed by atoms with Crippen LogP contribution in [0.3, 0.4) is 0 Å². The minimum Gasteiger partial charge on any atom is -0.214 e. The van der Waals surface area contributed by atoms with Crippen LogP contribution in [0, 0.1) is 0 Å². The summed E-state index contributed by atoms with van der Waals surface area (Å²) < 4.78 is 26.6. The maximum Gasteiger partial charge on any atom is 0.215 e. The van der Waals surface area contributed by atoms with Gasteiger partial charge in [0.25, 0.3) is 0 Å². The molecule has 0 heterocycles. The zero-order chi connectivity index (χ0) is 17.6. The first-order valence-corrected chi connectivity index (χ1v) is 11.0. The summed E-state index contributed by atoms with van der Waals surface area (Å²) in [5.74, 6) is 1.30. The lowest BCUT2D eigenvalue weighted by atomic mass is 10.2. The van der Waals surface area contributed by atoms with Gasteiger partial charge in [0, 0.05) is 33.1 Å². The van der Waals surface area contributed by atoms with Crippen molar-refractivity contribution >= 4 is 56.6 Å². The third kappa shape index (κ3) is 6.82. The van der Waals surface area contributed by atoms with Crippen molar-refractivity contribution in [2.75, 3.05) is 12.3 Å². The Balaban J connectivity index is 1.73. The molecule has 2 aromatic carbocycles. The second-order valence-corrected chi connectivity index (χ2v) is 9.26. The van der Waals surface area contributed by atoms with Crippen molar-refractivity contribution in [3.05, 3.63) is 68.7 Å². The van der Waals surface area contributed by atoms with Crippen LogP contribution in [0.1, 0.15) is 11.1 Å². The first-order chi connectivity index (χ1) is 11.4. The fourth-order valence-corrected chi connectivity index (χ4v) is 4.76. The Morgan fingerprint density at radius 3 is 2.29 bits per heavy atom. The van der Waals surface area contributed by atoms with E-state index in [1.165, 1.54) is 0 Å². The van der Waals surface area contributed by atoms with Gasteiger partial charge in [0.05, 0.1) is 5.75 Å². The highest BCUT2D eigenvalue weighted by Gasteiger charge is 2.11. The van der Waals surface area contributed by atoms with Crippen molar-refractivity contribution in [2.45, 2.75) is 11.5 Å². The molecule has 2 rings (SSSR count). The summed E-state index contributed by atoms with van der Waals surface area (Å²) in [6.45, 7) is 0.367. The van der Waals surface area contributed by atoms with Crippen LogP contribution in [0.2, 0.25) is 15.1 Å². The van der Waals surface area contributed by atoms with Crippen molar-refractivity contribution in [1.29, 1.82) is 0 Å². The Kier molecular flexibility index (Phi) is 7.72. The zero-order valence-corrected chi connectivity index (χ0v) is 16.5. The van der Waals surface area contributed by atoms with E-state index in [4.69, 9.17) is 34.8 Å². The van der Waals surface area contributed by atoms with E-state index in [-0.39, 0.29) is 5.75 Å². The van der Waals surface area contributed by atoms with E-state index in [9.17, 15) is 8.42 Å². The summed E-state index contributed by atoms with van der Waals surface area (Å²) in [6, 6.07) is 12.1. The third-order valence-electron chi connectivity index (χ3n) is 3.11. The van der Waals surface area contributed by atoms with Crippen LogP contribution in [0.15, 0.2) is 42.5 Å². The number of halogens is 3. The van der Waals surface area contributed by atoms with E-state index in [2.05, 4.69) is 4.72 Å². The molecule has 2 aromatic rings. The Morgan fingerprint density at radius 1 is 0.958 bits per heavy atom. The smallest absolute Gasteiger partial charge is 0.214 e. The SMILES string of the molecule is O=S(=O)(Cc1ccc(Cl)cc1)NCCSCc1ccc(Cl)cc1Cl. The second-order valence-electron chi connectivity index (χ2n) is 5.07. The molecule has 0 amide bonds. The van der Waals surface area contributed by atoms with Crippen LogP contribution in [-0.2, 0) is 21.5 Å². The molecule has 0 aromatic heterocycles. The van der Waals surface area contributed by atoms with Crippen LogP contribution < -0.4 is 4.72 Å². The second kappa shape index (κ2) is 9.32. The van der Waals surface area contributed by atoms with E-state index in [1.54, 1.807) is 48.2 Å². The highest BCUT2D eigenvalue weighted by atomic mass is 35.5. The molecule has 0 bridgehead atoms. The van der Waals surface area contributed by atoms with Gasteiger partial charge in [-0.2, -0.15) is 11.8 Å². The number of hydrogen-bond donors (Lipinski definition) is 1. The largest absolute Gasteiger partial charge is 0.215 e. The summed E-state index contributed by atoms with van der Waals surface area (Å²) in [6.07, 6.45) is 0. The van der Waals surface area contributed by atoms with Crippen molar-refractivity contribution in [1.82, 2.24) is 4.72 Å². The maximum atomic E-state index is 12.0. The van der Waals surface area contributed by atoms with E-state index in [1.807, 2.05) is 6.07 Å². The fourth-order valence-electron chi connectivity index (χ4n) is 1.94. The van der Waals surface area contributed by atoms with Gasteiger partial charge in [-0.1, -0.05) is 53.0 Å². The molecular weight excluding hydrogens is 409 g/mol. The normalized spacial score (nSPS) is 11.6. The molecule has 1 N–H and O–H groups in total. The van der Waals surface area contributed by atoms with E-state index in [0.29, 0.717) is 38.7 Å². The Morgan fingerprint density at radius 2 is 1.62 bits per heavy atom. The molecule has 0 aliphatic heterocycles. The average Bonchev–Trinajstić information content (AvgIpc) is 2.51. The Hall–Kier alpha value is -0.430. The molecular formula is C16H16Cl3NO2S2. The lowest BCUT2D eigenvalue weighted by Gasteiger charge is -2.08. The Labute approximate surface area is 161 Å². The van der Waals surface area contributed by atoms with Crippen LogP contribution in [-0.4, -0.2) is 20.7 Å². The highest BCUT2D eigenvalue weighted by Crippen LogP contribution is 2.24. The van der Waals surface area contributed by atoms with Crippen molar-refractivity contribution in [2.24, 2.45) is 0 Å². The minimum atomic E-state index is -3.36. The molecule has 0 unspecified atom stereocenters. The van der Waals surface area contributed by atoms with Crippen LogP contribution in [0.25, 0.3) is 0 Å². The van der Waals surface area contributed by atoms with Crippen molar-refractivity contribution < 1.29 is 8.42 Å². The fraction of sp³-hybridized carbons (Fsp3) is 0.250. The maximum absolute atomic E-state index is 12.0. The summed E-state index contributed by atoms with van der Waals surface area (Å²) in [4.78, 5) is 0. The quantitative estimate of drug-likeness (QED) is 0.607. The molecule has 0 aliphatic rings. The van der Waals surface area contributed by atoms with Crippen LogP contribution >= 0.6 is 46.6 Å². The van der Waals surface area contributed by atoms with Gasteiger partial charge in [-0.3, -0.25) is 0 Å². The standard InChI is InChI=1S/C16H16Cl3NO2S2/c17-14-4-1-12(2-5-14)11-24(21,22)20-7-8-23-10-13-3-6-15(18)9-16(13)19/h1-6,9,20H,7-8,10-11H2. The predicted molar refractivity (Wildman–Crippen MR) is 105 cm³/mol. The van der Waals surface area contributed by atoms with Crippen LogP contribution in [0.5, 0.6) is 0 Å². The first-order valence-electron chi connectivity index (χ1n) is 7.09. The topological polar surface area (TPSA) is 46.2 Å². The summed E-state index contributed by atoms with van der Waals surface area (Å²) in [7, 11) is -3.36. The number of benzene rings is 2. The lowest BCUT2D eigenvalue weighted by molar-refractivity contribution is 0.583. The molecule has 3 nitrogen and oxygen atoms in total. The molecule has 0 atom stereocenters. The molecule has 0 fully saturated rings. The zero-order valence-electron chi connectivity index (χ0n) is 12.6. The van der Waals surface area contributed by atoms with Crippen LogP contribution in [0.4, 0.5) is 0 Å². The lowest BCUT2D eigenvalue weighted by Crippen LogP contribution is -2.27. The summed E-state index contributed by atoms with van der Waals surface area (Å²) >= 11 is 19.3. The van der Waals surface area contributed by atoms with Gasteiger partial charge in [0.1, 0.15) is 0 Å². The number of sulfonamides is 1. The van der Waals surface area contributed by atoms with Crippen molar-refractivity contribution in [3.63, 3.8) is 0 Å². The van der Waals surface area contributed by atoms with Crippen molar-refractivity contribution in [3.8, 4) is 0 Å². The summed E-state index contributed by atoms with van der Waals surface area (Å²) in [5.41, 5.74) is 1.68. The third-order valence-corrected chi connectivity index (χ3v) is 6.32. The molecule has 8 heteroatoms. The molecule has 0 saturated carbocycles. The van der Waals surface area contributed by atoms with Gasteiger partial charge in [0.2, 0.25) is 10.0 Å². The molecule has 0 saturated heterocycles. The number of nitrogens with one attached hydrogen (secondary N) is 1. The number of hydrogen-bond acceptors (Lipinski definition) is 3. The number of rotatable bonds is 8. The predicted octanol–water partition coefficient (Wildman–Crippen LogP) is 5.00. The van der Waals surface area contributed by atoms with Gasteiger partial charge in [-0.15, -0.1) is 0 Å². The van der Waals surface area contributed by atoms with E-state index in [0.717, 1.165) is 5.56 Å². The molecule has 0 radical (unpaired) electrons. The Bertz CT molecular complexity index is 780. The van der Waals surface area contributed by atoms with Gasteiger partial charge < -0.3 is 0 Å². The minimum absolute atomic E-state index is 0.0577. The van der Waals surface area contributed by atoms with Gasteiger partial charge in [-0.05, 0) is 35.4 Å². The highest BCUT2D eigenvalue weighted by molar-refractivity contribution is 7.98. The first kappa shape index (κ1) is 19.9. The average molecular weight is 425 g/mol. The molecule has 130 valence electrons. The molecule has 0 aliphatic carbocycles. The molecule has 0 spiro atoms. The van der Waals surface area contributed by atoms with Gasteiger partial charge in [-0.25, -0.2) is 13.1 Å². The van der Waals surface area contributed by atoms with E-state index >= 15 is 0 Å². The summed E-state index contributed by atoms with van der Waals surface area (Å²) in [5, 5.41) is 1.81. The molecule has 24 heavy (non-hydrogen) atoms. The van der Waals surface area contributed by atoms with Gasteiger partial charge >= 0.3 is 0 Å². The van der Waals surface area contributed by atoms with E-state index < -0.39 is 10.0 Å². The van der Waals surface area contributed by atoms with Gasteiger partial charge in [0.15, 0.2) is 0 Å². The number of thioether (sulfide) groups is 1. The monoisotopic (exact) mass is 423 g/mol.